The zero-order chi connectivity index (χ0) is 16.0. The maximum absolute atomic E-state index is 12.1. The van der Waals surface area contributed by atoms with E-state index in [4.69, 9.17) is 5.73 Å². The van der Waals surface area contributed by atoms with E-state index in [-0.39, 0.29) is 5.91 Å². The summed E-state index contributed by atoms with van der Waals surface area (Å²) >= 11 is 0. The van der Waals surface area contributed by atoms with Crippen molar-refractivity contribution in [2.75, 3.05) is 19.4 Å². The van der Waals surface area contributed by atoms with Crippen LogP contribution in [-0.2, 0) is 11.3 Å². The number of carbonyl (C=O) groups excluding carboxylic acids is 2. The van der Waals surface area contributed by atoms with Crippen LogP contribution in [0.15, 0.2) is 29.8 Å². The number of hydrogen-bond acceptors (Lipinski definition) is 3. The molecule has 21 heavy (non-hydrogen) atoms. The standard InChI is InChI=1S/C16H23N3O2/c1-5-6-11(2)16(21)18-14-9-12(15(17)20)7-8-13(14)10-19(3)4/h6-9H,5,10H2,1-4H3,(H2,17,20)(H,18,21)/b11-6+. The molecule has 0 aliphatic heterocycles. The number of primary amides is 1. The lowest BCUT2D eigenvalue weighted by Gasteiger charge is -2.16. The largest absolute Gasteiger partial charge is 0.366 e. The van der Waals surface area contributed by atoms with Crippen LogP contribution in [0.5, 0.6) is 0 Å². The predicted molar refractivity (Wildman–Crippen MR) is 85.0 cm³/mol. The quantitative estimate of drug-likeness (QED) is 0.788. The molecule has 0 aliphatic rings. The topological polar surface area (TPSA) is 75.4 Å². The number of anilines is 1. The van der Waals surface area contributed by atoms with Gasteiger partial charge in [-0.15, -0.1) is 0 Å². The summed E-state index contributed by atoms with van der Waals surface area (Å²) in [7, 11) is 3.88. The first kappa shape index (κ1) is 16.9. The van der Waals surface area contributed by atoms with Crippen molar-refractivity contribution in [2.45, 2.75) is 26.8 Å². The molecule has 1 aromatic rings. The lowest BCUT2D eigenvalue weighted by Crippen LogP contribution is -2.19. The highest BCUT2D eigenvalue weighted by Gasteiger charge is 2.11. The summed E-state index contributed by atoms with van der Waals surface area (Å²) < 4.78 is 0. The maximum Gasteiger partial charge on any atom is 0.250 e. The molecule has 0 atom stereocenters. The van der Waals surface area contributed by atoms with Gasteiger partial charge in [-0.05, 0) is 45.1 Å². The van der Waals surface area contributed by atoms with Crippen LogP contribution in [-0.4, -0.2) is 30.8 Å². The molecule has 5 heteroatoms. The van der Waals surface area contributed by atoms with Crippen LogP contribution in [0.2, 0.25) is 0 Å². The van der Waals surface area contributed by atoms with Crippen LogP contribution in [0.25, 0.3) is 0 Å². The third-order valence-electron chi connectivity index (χ3n) is 3.00. The van der Waals surface area contributed by atoms with Crippen molar-refractivity contribution in [3.8, 4) is 0 Å². The van der Waals surface area contributed by atoms with Crippen LogP contribution in [0.1, 0.15) is 36.2 Å². The Morgan fingerprint density at radius 3 is 2.52 bits per heavy atom. The number of nitrogens with one attached hydrogen (secondary N) is 1. The molecule has 2 amide bonds. The molecule has 0 spiro atoms. The Morgan fingerprint density at radius 2 is 2.00 bits per heavy atom. The van der Waals surface area contributed by atoms with Crippen molar-refractivity contribution in [1.29, 1.82) is 0 Å². The molecule has 0 bridgehead atoms. The number of carbonyl (C=O) groups is 2. The third-order valence-corrected chi connectivity index (χ3v) is 3.00. The van der Waals surface area contributed by atoms with Crippen LogP contribution in [0.3, 0.4) is 0 Å². The normalized spacial score (nSPS) is 11.6. The number of benzene rings is 1. The number of rotatable bonds is 6. The van der Waals surface area contributed by atoms with Gasteiger partial charge in [0.15, 0.2) is 0 Å². The minimum atomic E-state index is -0.511. The van der Waals surface area contributed by atoms with Gasteiger partial charge in [-0.25, -0.2) is 0 Å². The Balaban J connectivity index is 3.11. The molecule has 114 valence electrons. The minimum absolute atomic E-state index is 0.168. The van der Waals surface area contributed by atoms with Gasteiger partial charge in [0, 0.05) is 23.4 Å². The third kappa shape index (κ3) is 5.04. The van der Waals surface area contributed by atoms with E-state index in [9.17, 15) is 9.59 Å². The monoisotopic (exact) mass is 289 g/mol. The first-order chi connectivity index (χ1) is 9.85. The summed E-state index contributed by atoms with van der Waals surface area (Å²) in [6.45, 7) is 4.40. The molecule has 0 saturated heterocycles. The molecule has 0 radical (unpaired) electrons. The van der Waals surface area contributed by atoms with Gasteiger partial charge >= 0.3 is 0 Å². The van der Waals surface area contributed by atoms with E-state index >= 15 is 0 Å². The fraction of sp³-hybridized carbons (Fsp3) is 0.375. The molecule has 1 rings (SSSR count). The fourth-order valence-electron chi connectivity index (χ4n) is 1.94. The Kier molecular flexibility index (Phi) is 6.11. The lowest BCUT2D eigenvalue weighted by molar-refractivity contribution is -0.112. The maximum atomic E-state index is 12.1. The Morgan fingerprint density at radius 1 is 1.33 bits per heavy atom. The van der Waals surface area contributed by atoms with Crippen LogP contribution >= 0.6 is 0 Å². The Hall–Kier alpha value is -2.14. The molecule has 0 heterocycles. The predicted octanol–water partition coefficient (Wildman–Crippen LogP) is 2.14. The number of amides is 2. The van der Waals surface area contributed by atoms with Crippen LogP contribution in [0, 0.1) is 0 Å². The van der Waals surface area contributed by atoms with Crippen molar-refractivity contribution in [1.82, 2.24) is 4.90 Å². The van der Waals surface area contributed by atoms with E-state index in [1.165, 1.54) is 0 Å². The number of nitrogens with zero attached hydrogens (tertiary/aromatic N) is 1. The van der Waals surface area contributed by atoms with Crippen molar-refractivity contribution >= 4 is 17.5 Å². The van der Waals surface area contributed by atoms with Gasteiger partial charge in [0.25, 0.3) is 5.91 Å². The number of allylic oxidation sites excluding steroid dienone is 1. The number of nitrogens with two attached hydrogens (primary N) is 1. The highest BCUT2D eigenvalue weighted by molar-refractivity contribution is 6.04. The van der Waals surface area contributed by atoms with Gasteiger partial charge in [0.2, 0.25) is 5.91 Å². The molecule has 1 aromatic carbocycles. The van der Waals surface area contributed by atoms with E-state index in [1.54, 1.807) is 19.1 Å². The SMILES string of the molecule is CC/C=C(\C)C(=O)Nc1cc(C(N)=O)ccc1CN(C)C. The van der Waals surface area contributed by atoms with E-state index in [2.05, 4.69) is 5.32 Å². The summed E-state index contributed by atoms with van der Waals surface area (Å²) in [5, 5.41) is 2.85. The summed E-state index contributed by atoms with van der Waals surface area (Å²) in [6, 6.07) is 5.11. The minimum Gasteiger partial charge on any atom is -0.366 e. The Bertz CT molecular complexity index is 563. The molecule has 0 fully saturated rings. The number of hydrogen-bond donors (Lipinski definition) is 2. The van der Waals surface area contributed by atoms with Gasteiger partial charge < -0.3 is 16.0 Å². The van der Waals surface area contributed by atoms with E-state index < -0.39 is 5.91 Å². The van der Waals surface area contributed by atoms with Crippen LogP contribution < -0.4 is 11.1 Å². The van der Waals surface area contributed by atoms with E-state index in [1.807, 2.05) is 38.1 Å². The first-order valence-corrected chi connectivity index (χ1v) is 6.90. The van der Waals surface area contributed by atoms with E-state index in [0.29, 0.717) is 23.4 Å². The van der Waals surface area contributed by atoms with Crippen LogP contribution in [0.4, 0.5) is 5.69 Å². The molecule has 3 N–H and O–H groups in total. The second-order valence-electron chi connectivity index (χ2n) is 5.22. The van der Waals surface area contributed by atoms with Crippen molar-refractivity contribution in [3.63, 3.8) is 0 Å². The average Bonchev–Trinajstić information content (AvgIpc) is 2.40. The van der Waals surface area contributed by atoms with Gasteiger partial charge in [0.1, 0.15) is 0 Å². The molecule has 0 aromatic heterocycles. The highest BCUT2D eigenvalue weighted by atomic mass is 16.2. The molecular weight excluding hydrogens is 266 g/mol. The van der Waals surface area contributed by atoms with Crippen molar-refractivity contribution in [3.05, 3.63) is 41.0 Å². The second kappa shape index (κ2) is 7.59. The van der Waals surface area contributed by atoms with Gasteiger partial charge in [-0.2, -0.15) is 0 Å². The molecular formula is C16H23N3O2. The summed E-state index contributed by atoms with van der Waals surface area (Å²) in [6.07, 6.45) is 2.66. The zero-order valence-corrected chi connectivity index (χ0v) is 13.1. The van der Waals surface area contributed by atoms with Gasteiger partial charge in [0.05, 0.1) is 0 Å². The molecule has 0 aliphatic carbocycles. The average molecular weight is 289 g/mol. The van der Waals surface area contributed by atoms with E-state index in [0.717, 1.165) is 12.0 Å². The summed E-state index contributed by atoms with van der Waals surface area (Å²) in [5.74, 6) is -0.679. The van der Waals surface area contributed by atoms with Crippen molar-refractivity contribution in [2.24, 2.45) is 5.73 Å². The van der Waals surface area contributed by atoms with Gasteiger partial charge in [-0.1, -0.05) is 19.1 Å². The molecule has 5 nitrogen and oxygen atoms in total. The molecule has 0 saturated carbocycles. The van der Waals surface area contributed by atoms with Gasteiger partial charge in [-0.3, -0.25) is 9.59 Å². The highest BCUT2D eigenvalue weighted by Crippen LogP contribution is 2.20. The van der Waals surface area contributed by atoms with Crippen molar-refractivity contribution < 1.29 is 9.59 Å². The smallest absolute Gasteiger partial charge is 0.250 e. The fourth-order valence-corrected chi connectivity index (χ4v) is 1.94. The zero-order valence-electron chi connectivity index (χ0n) is 13.1. The Labute approximate surface area is 125 Å². The lowest BCUT2D eigenvalue weighted by atomic mass is 10.1. The first-order valence-electron chi connectivity index (χ1n) is 6.90. The second-order valence-corrected chi connectivity index (χ2v) is 5.22. The molecule has 0 unspecified atom stereocenters. The summed E-state index contributed by atoms with van der Waals surface area (Å²) in [5.41, 5.74) is 7.88. The summed E-state index contributed by atoms with van der Waals surface area (Å²) in [4.78, 5) is 25.4.